The van der Waals surface area contributed by atoms with Gasteiger partial charge in [0.25, 0.3) is 0 Å². The molecule has 0 N–H and O–H groups in total. The largest absolute Gasteiger partial charge is 0.319 e. The van der Waals surface area contributed by atoms with Crippen LogP contribution < -0.4 is 0 Å². The van der Waals surface area contributed by atoms with Gasteiger partial charge in [-0.3, -0.25) is 9.59 Å². The van der Waals surface area contributed by atoms with Crippen molar-refractivity contribution < 1.29 is 9.59 Å². The van der Waals surface area contributed by atoms with Crippen LogP contribution in [0, 0.1) is 0 Å². The molecular weight excluding hydrogens is 324 g/mol. The Morgan fingerprint density at radius 3 is 2.29 bits per heavy atom. The van der Waals surface area contributed by atoms with Crippen LogP contribution in [0.15, 0.2) is 54.6 Å². The highest BCUT2D eigenvalue weighted by atomic mass is 35.5. The fraction of sp³-hybridized carbons (Fsp3) is 0.263. The molecule has 0 bridgehead atoms. The smallest absolute Gasteiger partial charge is 0.247 e. The van der Waals surface area contributed by atoms with Gasteiger partial charge in [-0.05, 0) is 23.3 Å². The van der Waals surface area contributed by atoms with Crippen molar-refractivity contribution in [3.8, 4) is 0 Å². The molecule has 2 atom stereocenters. The van der Waals surface area contributed by atoms with Crippen molar-refractivity contribution in [3.05, 3.63) is 70.7 Å². The van der Waals surface area contributed by atoms with Gasteiger partial charge in [0.05, 0.1) is 0 Å². The van der Waals surface area contributed by atoms with Crippen LogP contribution in [0.25, 0.3) is 0 Å². The molecule has 124 valence electrons. The lowest BCUT2D eigenvalue weighted by Crippen LogP contribution is -2.39. The van der Waals surface area contributed by atoms with E-state index in [1.54, 1.807) is 29.0 Å². The molecule has 1 aliphatic rings. The van der Waals surface area contributed by atoms with Crippen LogP contribution in [0.2, 0.25) is 5.02 Å². The van der Waals surface area contributed by atoms with Crippen LogP contribution in [-0.4, -0.2) is 34.7 Å². The number of hydrogen-bond acceptors (Lipinski definition) is 2. The lowest BCUT2D eigenvalue weighted by Gasteiger charge is -2.29. The summed E-state index contributed by atoms with van der Waals surface area (Å²) in [5, 5.41) is 0.626. The Hall–Kier alpha value is -2.33. The first-order valence-corrected chi connectivity index (χ1v) is 8.22. The van der Waals surface area contributed by atoms with E-state index in [1.807, 2.05) is 42.5 Å². The van der Waals surface area contributed by atoms with Crippen LogP contribution in [0.1, 0.15) is 24.2 Å². The van der Waals surface area contributed by atoms with Crippen LogP contribution in [0.4, 0.5) is 0 Å². The van der Waals surface area contributed by atoms with E-state index in [0.717, 1.165) is 11.1 Å². The molecule has 3 rings (SSSR count). The zero-order valence-corrected chi connectivity index (χ0v) is 14.4. The highest BCUT2D eigenvalue weighted by molar-refractivity contribution is 6.30. The van der Waals surface area contributed by atoms with Crippen LogP contribution in [0.5, 0.6) is 0 Å². The van der Waals surface area contributed by atoms with Crippen LogP contribution >= 0.6 is 11.6 Å². The minimum absolute atomic E-state index is 0.0472. The number of hydrogen-bond donors (Lipinski definition) is 0. The molecule has 0 radical (unpaired) electrons. The van der Waals surface area contributed by atoms with E-state index in [-0.39, 0.29) is 11.8 Å². The summed E-state index contributed by atoms with van der Waals surface area (Å²) in [7, 11) is 1.74. The zero-order valence-electron chi connectivity index (χ0n) is 13.6. The van der Waals surface area contributed by atoms with Crippen molar-refractivity contribution in [3.63, 3.8) is 0 Å². The second-order valence-corrected chi connectivity index (χ2v) is 6.44. The Morgan fingerprint density at radius 2 is 1.71 bits per heavy atom. The van der Waals surface area contributed by atoms with Gasteiger partial charge in [0, 0.05) is 25.4 Å². The number of rotatable bonds is 3. The summed E-state index contributed by atoms with van der Waals surface area (Å²) in [6.45, 7) is 1.51. The van der Waals surface area contributed by atoms with Gasteiger partial charge in [-0.1, -0.05) is 54.1 Å². The normalized spacial score (nSPS) is 20.5. The lowest BCUT2D eigenvalue weighted by molar-refractivity contribution is -0.134. The molecule has 1 fully saturated rings. The third kappa shape index (κ3) is 3.02. The fourth-order valence-corrected chi connectivity index (χ4v) is 3.39. The lowest BCUT2D eigenvalue weighted by atomic mass is 10.0. The quantitative estimate of drug-likeness (QED) is 0.859. The molecule has 0 spiro atoms. The van der Waals surface area contributed by atoms with Gasteiger partial charge in [0.15, 0.2) is 0 Å². The number of amides is 2. The van der Waals surface area contributed by atoms with E-state index in [2.05, 4.69) is 0 Å². The number of halogens is 1. The monoisotopic (exact) mass is 342 g/mol. The number of nitrogens with zero attached hydrogens (tertiary/aromatic N) is 2. The molecule has 5 heteroatoms. The number of carbonyl (C=O) groups excluding carboxylic acids is 2. The summed E-state index contributed by atoms with van der Waals surface area (Å²) in [5.74, 6) is -0.164. The SMILES string of the molecule is CC(=O)N1C(c2ccc(Cl)cc2)N(C)C(=O)[C@H]1Cc1ccccc1. The maximum absolute atomic E-state index is 12.8. The van der Waals surface area contributed by atoms with Gasteiger partial charge in [0.1, 0.15) is 12.2 Å². The standard InChI is InChI=1S/C19H19ClN2O2/c1-13(23)22-17(12-14-6-4-3-5-7-14)19(24)21(2)18(22)15-8-10-16(20)11-9-15/h3-11,17-18H,12H2,1-2H3/t17-,18?/m1/s1. The number of carbonyl (C=O) groups is 2. The minimum atomic E-state index is -0.490. The Morgan fingerprint density at radius 1 is 1.08 bits per heavy atom. The summed E-state index contributed by atoms with van der Waals surface area (Å²) in [6, 6.07) is 16.5. The van der Waals surface area contributed by atoms with E-state index in [4.69, 9.17) is 11.6 Å². The van der Waals surface area contributed by atoms with Crippen molar-refractivity contribution in [1.29, 1.82) is 0 Å². The van der Waals surface area contributed by atoms with Gasteiger partial charge in [-0.25, -0.2) is 0 Å². The predicted octanol–water partition coefficient (Wildman–Crippen LogP) is 3.27. The van der Waals surface area contributed by atoms with Crippen LogP contribution in [0.3, 0.4) is 0 Å². The third-order valence-corrected chi connectivity index (χ3v) is 4.65. The second kappa shape index (κ2) is 6.65. The molecule has 1 saturated heterocycles. The average molecular weight is 343 g/mol. The van der Waals surface area contributed by atoms with E-state index in [0.29, 0.717) is 11.4 Å². The Balaban J connectivity index is 1.96. The molecule has 1 heterocycles. The highest BCUT2D eigenvalue weighted by Crippen LogP contribution is 2.35. The Kier molecular flexibility index (Phi) is 4.58. The third-order valence-electron chi connectivity index (χ3n) is 4.40. The van der Waals surface area contributed by atoms with Crippen molar-refractivity contribution in [2.24, 2.45) is 0 Å². The van der Waals surface area contributed by atoms with Crippen LogP contribution in [-0.2, 0) is 16.0 Å². The first-order valence-electron chi connectivity index (χ1n) is 7.84. The maximum Gasteiger partial charge on any atom is 0.247 e. The molecule has 0 saturated carbocycles. The molecule has 1 unspecified atom stereocenters. The molecule has 4 nitrogen and oxygen atoms in total. The molecule has 0 aliphatic carbocycles. The predicted molar refractivity (Wildman–Crippen MR) is 93.4 cm³/mol. The summed E-state index contributed by atoms with van der Waals surface area (Å²) in [5.41, 5.74) is 1.91. The molecule has 1 aliphatic heterocycles. The summed E-state index contributed by atoms with van der Waals surface area (Å²) >= 11 is 5.96. The van der Waals surface area contributed by atoms with Gasteiger partial charge >= 0.3 is 0 Å². The zero-order chi connectivity index (χ0) is 17.3. The summed E-state index contributed by atoms with van der Waals surface area (Å²) < 4.78 is 0. The summed E-state index contributed by atoms with van der Waals surface area (Å²) in [4.78, 5) is 28.4. The van der Waals surface area contributed by atoms with Gasteiger partial charge in [-0.2, -0.15) is 0 Å². The fourth-order valence-electron chi connectivity index (χ4n) is 3.27. The Bertz CT molecular complexity index is 746. The second-order valence-electron chi connectivity index (χ2n) is 6.01. The van der Waals surface area contributed by atoms with Gasteiger partial charge < -0.3 is 9.80 Å². The first kappa shape index (κ1) is 16.5. The van der Waals surface area contributed by atoms with Crippen molar-refractivity contribution in [1.82, 2.24) is 9.80 Å². The van der Waals surface area contributed by atoms with E-state index < -0.39 is 12.2 Å². The van der Waals surface area contributed by atoms with E-state index in [1.165, 1.54) is 6.92 Å². The maximum atomic E-state index is 12.8. The minimum Gasteiger partial charge on any atom is -0.319 e. The highest BCUT2D eigenvalue weighted by Gasteiger charge is 2.46. The topological polar surface area (TPSA) is 40.6 Å². The average Bonchev–Trinajstić information content (AvgIpc) is 2.82. The number of likely N-dealkylation sites (N-methyl/N-ethyl adjacent to an activating group) is 1. The first-order chi connectivity index (χ1) is 11.5. The molecular formula is C19H19ClN2O2. The molecule has 0 aromatic heterocycles. The van der Waals surface area contributed by atoms with E-state index in [9.17, 15) is 9.59 Å². The van der Waals surface area contributed by atoms with Gasteiger partial charge in [-0.15, -0.1) is 0 Å². The molecule has 2 amide bonds. The summed E-state index contributed by atoms with van der Waals surface area (Å²) in [6.07, 6.45) is 0.106. The molecule has 2 aromatic rings. The van der Waals surface area contributed by atoms with Gasteiger partial charge in [0.2, 0.25) is 11.8 Å². The van der Waals surface area contributed by atoms with Crippen molar-refractivity contribution in [2.45, 2.75) is 25.6 Å². The molecule has 24 heavy (non-hydrogen) atoms. The molecule has 2 aromatic carbocycles. The van der Waals surface area contributed by atoms with E-state index >= 15 is 0 Å². The number of benzene rings is 2. The van der Waals surface area contributed by atoms with Crippen molar-refractivity contribution in [2.75, 3.05) is 7.05 Å². The van der Waals surface area contributed by atoms with Crippen molar-refractivity contribution >= 4 is 23.4 Å². The Labute approximate surface area is 146 Å².